The fourth-order valence-corrected chi connectivity index (χ4v) is 3.68. The highest BCUT2D eigenvalue weighted by molar-refractivity contribution is 6.01. The van der Waals surface area contributed by atoms with E-state index in [0.717, 1.165) is 11.1 Å². The quantitative estimate of drug-likeness (QED) is 0.172. The molecule has 4 aromatic rings. The van der Waals surface area contributed by atoms with Gasteiger partial charge in [0.1, 0.15) is 0 Å². The zero-order valence-electron chi connectivity index (χ0n) is 22.8. The number of hydrogen-bond acceptors (Lipinski definition) is 8. The van der Waals surface area contributed by atoms with Crippen LogP contribution in [0.5, 0.6) is 0 Å². The Hall–Kier alpha value is -5.64. The van der Waals surface area contributed by atoms with Crippen LogP contribution in [0.2, 0.25) is 0 Å². The predicted octanol–water partition coefficient (Wildman–Crippen LogP) is 6.19. The number of rotatable bonds is 10. The minimum Gasteiger partial charge on any atom is -0.478 e. The summed E-state index contributed by atoms with van der Waals surface area (Å²) < 4.78 is 10.6. The Bertz CT molecular complexity index is 1580. The Morgan fingerprint density at radius 2 is 1.07 bits per heavy atom. The van der Waals surface area contributed by atoms with Crippen LogP contribution in [0, 0.1) is 13.8 Å². The predicted molar refractivity (Wildman–Crippen MR) is 154 cm³/mol. The summed E-state index contributed by atoms with van der Waals surface area (Å²) >= 11 is 0. The van der Waals surface area contributed by atoms with Gasteiger partial charge in [0.15, 0.2) is 0 Å². The summed E-state index contributed by atoms with van der Waals surface area (Å²) in [7, 11) is 0. The average Bonchev–Trinajstić information content (AvgIpc) is 2.99. The topological polar surface area (TPSA) is 144 Å². The van der Waals surface area contributed by atoms with Gasteiger partial charge < -0.3 is 19.9 Å². The van der Waals surface area contributed by atoms with Gasteiger partial charge in [0.2, 0.25) is 12.2 Å². The van der Waals surface area contributed by atoms with E-state index in [4.69, 9.17) is 9.47 Å². The molecule has 0 saturated carbocycles. The minimum absolute atomic E-state index is 0.0659. The molecular formula is C32H27N3O7. The Kier molecular flexibility index (Phi) is 9.52. The number of azo groups is 1. The Morgan fingerprint density at radius 3 is 1.55 bits per heavy atom. The molecular weight excluding hydrogens is 538 g/mol. The number of nitrogens with one attached hydrogen (secondary N) is 1. The number of anilines is 1. The molecule has 0 aliphatic rings. The molecule has 0 aliphatic carbocycles. The first-order valence-corrected chi connectivity index (χ1v) is 12.9. The number of ether oxygens (including phenoxy) is 2. The van der Waals surface area contributed by atoms with Crippen LogP contribution in [0.15, 0.2) is 113 Å². The molecule has 0 heterocycles. The van der Waals surface area contributed by atoms with E-state index in [1.54, 1.807) is 48.5 Å². The first-order chi connectivity index (χ1) is 20.2. The van der Waals surface area contributed by atoms with Gasteiger partial charge in [-0.25, -0.2) is 14.4 Å². The fourth-order valence-electron chi connectivity index (χ4n) is 3.68. The third-order valence-electron chi connectivity index (χ3n) is 5.99. The number of benzene rings is 4. The number of carbonyl (C=O) groups excluding carboxylic acids is 3. The maximum Gasteiger partial charge on any atom is 0.349 e. The number of carboxylic acids is 1. The van der Waals surface area contributed by atoms with Crippen LogP contribution < -0.4 is 5.32 Å². The number of carboxylic acid groups (broad SMARTS) is 1. The van der Waals surface area contributed by atoms with Crippen LogP contribution in [0.1, 0.15) is 31.8 Å². The normalized spacial score (nSPS) is 12.2. The molecule has 42 heavy (non-hydrogen) atoms. The van der Waals surface area contributed by atoms with Gasteiger partial charge in [0.25, 0.3) is 5.91 Å². The van der Waals surface area contributed by atoms with Crippen molar-refractivity contribution in [2.24, 2.45) is 10.2 Å². The van der Waals surface area contributed by atoms with Crippen LogP contribution in [-0.4, -0.2) is 41.1 Å². The number of aliphatic carboxylic acids is 1. The molecule has 2 atom stereocenters. The molecule has 2 N–H and O–H groups in total. The van der Waals surface area contributed by atoms with Crippen LogP contribution in [-0.2, 0) is 19.1 Å². The molecule has 0 radical (unpaired) electrons. The van der Waals surface area contributed by atoms with Crippen molar-refractivity contribution in [2.75, 3.05) is 5.32 Å². The lowest BCUT2D eigenvalue weighted by Crippen LogP contribution is -2.48. The van der Waals surface area contributed by atoms with Crippen LogP contribution in [0.25, 0.3) is 0 Å². The highest BCUT2D eigenvalue weighted by atomic mass is 16.6. The van der Waals surface area contributed by atoms with E-state index in [0.29, 0.717) is 11.4 Å². The summed E-state index contributed by atoms with van der Waals surface area (Å²) in [5.41, 5.74) is 3.31. The van der Waals surface area contributed by atoms with Crippen molar-refractivity contribution in [1.82, 2.24) is 0 Å². The highest BCUT2D eigenvalue weighted by Crippen LogP contribution is 2.21. The van der Waals surface area contributed by atoms with E-state index in [2.05, 4.69) is 15.5 Å². The van der Waals surface area contributed by atoms with E-state index in [1.807, 2.05) is 32.0 Å². The number of carbonyl (C=O) groups is 4. The van der Waals surface area contributed by atoms with E-state index >= 15 is 0 Å². The van der Waals surface area contributed by atoms with Crippen LogP contribution >= 0.6 is 0 Å². The standard InChI is InChI=1S/C32H27N3O7/c1-20-8-12-22(13-9-20)31(39)41-27(28(30(37)38)42-32(40)23-14-10-21(2)11-15-23)29(36)33-24-16-18-26(19-17-24)35-34-25-6-4-3-5-7-25/h3-19,27-28H,1-2H3,(H,33,36)(H,37,38)/t27-,28-/m1/s1. The molecule has 0 fully saturated rings. The first kappa shape index (κ1) is 29.3. The summed E-state index contributed by atoms with van der Waals surface area (Å²) in [5, 5.41) is 20.7. The Morgan fingerprint density at radius 1 is 0.619 bits per heavy atom. The SMILES string of the molecule is Cc1ccc(C(=O)O[C@@H](C(=O)O)[C@@H](OC(=O)c2ccc(C)cc2)C(=O)Nc2ccc(N=Nc3ccccc3)cc2)cc1. The van der Waals surface area contributed by atoms with Crippen molar-refractivity contribution < 1.29 is 33.8 Å². The lowest BCUT2D eigenvalue weighted by atomic mass is 10.1. The van der Waals surface area contributed by atoms with Gasteiger partial charge in [-0.2, -0.15) is 10.2 Å². The molecule has 0 unspecified atom stereocenters. The summed E-state index contributed by atoms with van der Waals surface area (Å²) in [5.74, 6) is -4.66. The number of amides is 1. The molecule has 0 bridgehead atoms. The molecule has 0 aliphatic heterocycles. The van der Waals surface area contributed by atoms with Crippen molar-refractivity contribution in [3.63, 3.8) is 0 Å². The second-order valence-electron chi connectivity index (χ2n) is 9.29. The lowest BCUT2D eigenvalue weighted by molar-refractivity contribution is -0.157. The van der Waals surface area contributed by atoms with Crippen molar-refractivity contribution in [3.8, 4) is 0 Å². The van der Waals surface area contributed by atoms with Gasteiger partial charge in [-0.05, 0) is 74.5 Å². The smallest absolute Gasteiger partial charge is 0.349 e. The molecule has 0 aromatic heterocycles. The summed E-state index contributed by atoms with van der Waals surface area (Å²) in [4.78, 5) is 51.3. The number of aryl methyl sites for hydroxylation is 2. The van der Waals surface area contributed by atoms with Crippen molar-refractivity contribution >= 4 is 40.9 Å². The molecule has 212 valence electrons. The zero-order valence-corrected chi connectivity index (χ0v) is 22.8. The summed E-state index contributed by atoms with van der Waals surface area (Å²) in [6, 6.07) is 27.8. The van der Waals surface area contributed by atoms with Gasteiger partial charge >= 0.3 is 17.9 Å². The molecule has 0 spiro atoms. The third kappa shape index (κ3) is 7.95. The molecule has 10 nitrogen and oxygen atoms in total. The highest BCUT2D eigenvalue weighted by Gasteiger charge is 2.41. The third-order valence-corrected chi connectivity index (χ3v) is 5.99. The second-order valence-corrected chi connectivity index (χ2v) is 9.29. The maximum absolute atomic E-state index is 13.4. The van der Waals surface area contributed by atoms with E-state index in [1.165, 1.54) is 36.4 Å². The van der Waals surface area contributed by atoms with Crippen LogP contribution in [0.4, 0.5) is 17.1 Å². The van der Waals surface area contributed by atoms with Gasteiger partial charge in [-0.15, -0.1) is 0 Å². The average molecular weight is 566 g/mol. The van der Waals surface area contributed by atoms with Crippen molar-refractivity contribution in [2.45, 2.75) is 26.1 Å². The largest absolute Gasteiger partial charge is 0.478 e. The lowest BCUT2D eigenvalue weighted by Gasteiger charge is -2.23. The summed E-state index contributed by atoms with van der Waals surface area (Å²) in [6.07, 6.45) is -4.17. The minimum atomic E-state index is -2.15. The molecule has 4 rings (SSSR count). The Labute approximate surface area is 241 Å². The van der Waals surface area contributed by atoms with Crippen molar-refractivity contribution in [1.29, 1.82) is 0 Å². The van der Waals surface area contributed by atoms with Crippen molar-refractivity contribution in [3.05, 3.63) is 125 Å². The molecule has 10 heteroatoms. The van der Waals surface area contributed by atoms with Gasteiger partial charge in [0.05, 0.1) is 22.5 Å². The second kappa shape index (κ2) is 13.6. The van der Waals surface area contributed by atoms with E-state index in [-0.39, 0.29) is 16.8 Å². The number of nitrogens with zero attached hydrogens (tertiary/aromatic N) is 2. The van der Waals surface area contributed by atoms with Gasteiger partial charge in [-0.1, -0.05) is 53.6 Å². The number of hydrogen-bond donors (Lipinski definition) is 2. The maximum atomic E-state index is 13.4. The molecule has 4 aromatic carbocycles. The monoisotopic (exact) mass is 565 g/mol. The zero-order chi connectivity index (χ0) is 30.1. The van der Waals surface area contributed by atoms with E-state index < -0.39 is 36.0 Å². The molecule has 0 saturated heterocycles. The Balaban J connectivity index is 1.56. The molecule has 1 amide bonds. The van der Waals surface area contributed by atoms with E-state index in [9.17, 15) is 24.3 Å². The summed E-state index contributed by atoms with van der Waals surface area (Å²) in [6.45, 7) is 3.64. The van der Waals surface area contributed by atoms with Crippen LogP contribution in [0.3, 0.4) is 0 Å². The first-order valence-electron chi connectivity index (χ1n) is 12.9. The fraction of sp³-hybridized carbons (Fsp3) is 0.125. The number of esters is 2. The van der Waals surface area contributed by atoms with Gasteiger partial charge in [-0.3, -0.25) is 4.79 Å². The van der Waals surface area contributed by atoms with Gasteiger partial charge in [0, 0.05) is 5.69 Å².